The van der Waals surface area contributed by atoms with Crippen LogP contribution < -0.4 is 4.74 Å². The number of amides is 2. The van der Waals surface area contributed by atoms with E-state index in [1.54, 1.807) is 0 Å². The lowest BCUT2D eigenvalue weighted by Gasteiger charge is -2.44. The first-order chi connectivity index (χ1) is 14.0. The number of para-hydroxylation sites is 1. The van der Waals surface area contributed by atoms with E-state index in [-0.39, 0.29) is 23.3 Å². The monoisotopic (exact) mass is 400 g/mol. The first-order valence-electron chi connectivity index (χ1n) is 11.3. The van der Waals surface area contributed by atoms with Crippen molar-refractivity contribution in [1.29, 1.82) is 0 Å². The Kier molecular flexibility index (Phi) is 7.20. The molecule has 0 atom stereocenters. The maximum absolute atomic E-state index is 13.7. The second-order valence-electron chi connectivity index (χ2n) is 8.77. The van der Waals surface area contributed by atoms with Gasteiger partial charge >= 0.3 is 0 Å². The molecule has 0 N–H and O–H groups in total. The van der Waals surface area contributed by atoms with E-state index in [0.29, 0.717) is 32.7 Å². The van der Waals surface area contributed by atoms with Gasteiger partial charge in [0, 0.05) is 25.6 Å². The van der Waals surface area contributed by atoms with Crippen LogP contribution in [-0.4, -0.2) is 53.9 Å². The number of benzene rings is 1. The Balaban J connectivity index is 1.80. The summed E-state index contributed by atoms with van der Waals surface area (Å²) in [6.07, 6.45) is 6.05. The van der Waals surface area contributed by atoms with Crippen molar-refractivity contribution in [3.05, 3.63) is 29.8 Å². The molecule has 2 aliphatic rings. The lowest BCUT2D eigenvalue weighted by atomic mass is 9.72. The van der Waals surface area contributed by atoms with Crippen molar-refractivity contribution >= 4 is 11.8 Å². The van der Waals surface area contributed by atoms with Crippen LogP contribution in [0.1, 0.15) is 64.9 Å². The highest BCUT2D eigenvalue weighted by atomic mass is 16.5. The molecule has 0 bridgehead atoms. The zero-order valence-electron chi connectivity index (χ0n) is 18.3. The van der Waals surface area contributed by atoms with Gasteiger partial charge in [0.2, 0.25) is 11.8 Å². The smallest absolute Gasteiger partial charge is 0.229 e. The number of ether oxygens (including phenoxy) is 1. The first kappa shape index (κ1) is 21.7. The van der Waals surface area contributed by atoms with Crippen LogP contribution in [0.4, 0.5) is 0 Å². The van der Waals surface area contributed by atoms with Gasteiger partial charge in [0.15, 0.2) is 0 Å². The second-order valence-corrected chi connectivity index (χ2v) is 8.77. The number of carbonyl (C=O) groups is 2. The number of nitrogens with zero attached hydrogens (tertiary/aromatic N) is 2. The third-order valence-corrected chi connectivity index (χ3v) is 6.63. The van der Waals surface area contributed by atoms with Gasteiger partial charge in [-0.2, -0.15) is 0 Å². The number of hydrogen-bond acceptors (Lipinski definition) is 3. The van der Waals surface area contributed by atoms with E-state index in [1.165, 1.54) is 5.56 Å². The maximum Gasteiger partial charge on any atom is 0.229 e. The van der Waals surface area contributed by atoms with Gasteiger partial charge in [-0.25, -0.2) is 0 Å². The summed E-state index contributed by atoms with van der Waals surface area (Å²) in [5, 5.41) is 0. The molecular formula is C24H36N2O3. The summed E-state index contributed by atoms with van der Waals surface area (Å²) in [5.41, 5.74) is 0.918. The number of fused-ring (bicyclic) bond motifs is 1. The van der Waals surface area contributed by atoms with E-state index in [2.05, 4.69) is 26.0 Å². The predicted octanol–water partition coefficient (Wildman–Crippen LogP) is 4.05. The van der Waals surface area contributed by atoms with Gasteiger partial charge in [0.25, 0.3) is 0 Å². The molecule has 5 nitrogen and oxygen atoms in total. The van der Waals surface area contributed by atoms with Gasteiger partial charge in [-0.1, -0.05) is 31.5 Å². The summed E-state index contributed by atoms with van der Waals surface area (Å²) in [7, 11) is 0. The maximum atomic E-state index is 13.7. The normalized spacial score (nSPS) is 20.6. The summed E-state index contributed by atoms with van der Waals surface area (Å²) < 4.78 is 6.08. The summed E-state index contributed by atoms with van der Waals surface area (Å²) in [6, 6.07) is 8.40. The molecule has 1 aromatic carbocycles. The van der Waals surface area contributed by atoms with Crippen LogP contribution in [0, 0.1) is 5.41 Å². The van der Waals surface area contributed by atoms with Crippen LogP contribution in [0.5, 0.6) is 5.75 Å². The van der Waals surface area contributed by atoms with Crippen molar-refractivity contribution in [3.8, 4) is 5.75 Å². The number of carbonyl (C=O) groups excluding carboxylic acids is 2. The van der Waals surface area contributed by atoms with Crippen molar-refractivity contribution in [3.63, 3.8) is 0 Å². The van der Waals surface area contributed by atoms with Crippen molar-refractivity contribution in [2.75, 3.05) is 26.2 Å². The van der Waals surface area contributed by atoms with Crippen LogP contribution >= 0.6 is 0 Å². The minimum Gasteiger partial charge on any atom is -0.491 e. The lowest BCUT2D eigenvalue weighted by Crippen LogP contribution is -2.53. The molecule has 2 aliphatic heterocycles. The van der Waals surface area contributed by atoms with Crippen molar-refractivity contribution in [2.45, 2.75) is 71.8 Å². The fourth-order valence-corrected chi connectivity index (χ4v) is 4.76. The van der Waals surface area contributed by atoms with E-state index < -0.39 is 0 Å². The molecule has 160 valence electrons. The third-order valence-electron chi connectivity index (χ3n) is 6.63. The number of rotatable bonds is 2. The minimum atomic E-state index is -0.340. The molecule has 2 amide bonds. The fourth-order valence-electron chi connectivity index (χ4n) is 4.76. The largest absolute Gasteiger partial charge is 0.491 e. The highest BCUT2D eigenvalue weighted by Gasteiger charge is 2.44. The summed E-state index contributed by atoms with van der Waals surface area (Å²) in [5.74, 6) is 1.41. The van der Waals surface area contributed by atoms with Crippen molar-refractivity contribution in [1.82, 2.24) is 9.80 Å². The highest BCUT2D eigenvalue weighted by Crippen LogP contribution is 2.40. The zero-order chi connectivity index (χ0) is 20.9. The number of likely N-dealkylation sites (tertiary alicyclic amines) is 1. The molecule has 1 fully saturated rings. The summed E-state index contributed by atoms with van der Waals surface area (Å²) >= 11 is 0. The van der Waals surface area contributed by atoms with E-state index in [1.807, 2.05) is 28.9 Å². The van der Waals surface area contributed by atoms with Crippen LogP contribution in [0.25, 0.3) is 0 Å². The number of piperidine rings is 1. The molecular weight excluding hydrogens is 364 g/mol. The lowest BCUT2D eigenvalue weighted by molar-refractivity contribution is -0.151. The fraction of sp³-hybridized carbons (Fsp3) is 0.667. The second kappa shape index (κ2) is 9.64. The number of aryl methyl sites for hydroxylation is 1. The Morgan fingerprint density at radius 2 is 1.83 bits per heavy atom. The van der Waals surface area contributed by atoms with E-state index >= 15 is 0 Å². The Bertz CT molecular complexity index is 708. The van der Waals surface area contributed by atoms with Gasteiger partial charge in [0.05, 0.1) is 12.0 Å². The molecule has 5 heteroatoms. The molecule has 1 spiro atoms. The minimum absolute atomic E-state index is 0.136. The van der Waals surface area contributed by atoms with Crippen LogP contribution in [0.3, 0.4) is 0 Å². The molecule has 0 radical (unpaired) electrons. The Morgan fingerprint density at radius 3 is 2.52 bits per heavy atom. The molecule has 1 saturated heterocycles. The highest BCUT2D eigenvalue weighted by molar-refractivity contribution is 5.84. The Hall–Kier alpha value is -2.04. The predicted molar refractivity (Wildman–Crippen MR) is 115 cm³/mol. The molecule has 0 saturated carbocycles. The molecule has 0 aromatic heterocycles. The Labute approximate surface area is 175 Å². The molecule has 0 aliphatic carbocycles. The number of hydrogen-bond donors (Lipinski definition) is 0. The first-order valence-corrected chi connectivity index (χ1v) is 11.3. The molecule has 3 rings (SSSR count). The average Bonchev–Trinajstić information content (AvgIpc) is 2.73. The van der Waals surface area contributed by atoms with Gasteiger partial charge in [0.1, 0.15) is 12.4 Å². The van der Waals surface area contributed by atoms with Crippen LogP contribution in [-0.2, 0) is 16.0 Å². The average molecular weight is 401 g/mol. The van der Waals surface area contributed by atoms with Gasteiger partial charge in [-0.05, 0) is 57.6 Å². The molecule has 1 aromatic rings. The van der Waals surface area contributed by atoms with Gasteiger partial charge in [-0.15, -0.1) is 0 Å². The standard InChI is InChI=1S/C24H36N2O3/c1-4-22(27)25-15-13-24(14-16-25)12-8-7-10-20-9-5-6-11-21(20)29-18-17-26(19(2)3)23(24)28/h5-6,9,11,19H,4,7-8,10,12-18H2,1-3H3. The third kappa shape index (κ3) is 4.93. The molecule has 29 heavy (non-hydrogen) atoms. The van der Waals surface area contributed by atoms with Crippen LogP contribution in [0.15, 0.2) is 24.3 Å². The van der Waals surface area contributed by atoms with Gasteiger partial charge < -0.3 is 14.5 Å². The van der Waals surface area contributed by atoms with Crippen molar-refractivity contribution < 1.29 is 14.3 Å². The quantitative estimate of drug-likeness (QED) is 0.753. The topological polar surface area (TPSA) is 49.9 Å². The zero-order valence-corrected chi connectivity index (χ0v) is 18.3. The molecule has 2 heterocycles. The SMILES string of the molecule is CCC(=O)N1CCC2(CCCCc3ccccc3OCCN(C(C)C)C2=O)CC1. The summed E-state index contributed by atoms with van der Waals surface area (Å²) in [4.78, 5) is 29.8. The van der Waals surface area contributed by atoms with Gasteiger partial charge in [-0.3, -0.25) is 9.59 Å². The summed E-state index contributed by atoms with van der Waals surface area (Å²) in [6.45, 7) is 8.59. The van der Waals surface area contributed by atoms with Crippen LogP contribution in [0.2, 0.25) is 0 Å². The van der Waals surface area contributed by atoms with E-state index in [9.17, 15) is 9.59 Å². The molecule has 0 unspecified atom stereocenters. The van der Waals surface area contributed by atoms with E-state index in [0.717, 1.165) is 44.3 Å². The van der Waals surface area contributed by atoms with Crippen molar-refractivity contribution in [2.24, 2.45) is 5.41 Å². The van der Waals surface area contributed by atoms with E-state index in [4.69, 9.17) is 4.74 Å². The Morgan fingerprint density at radius 1 is 1.10 bits per heavy atom.